The molecule has 5 rings (SSSR count). The standard InChI is InChI=1S/C22H24F4N5OS/c1-13-19(32-12-27-13)20-28-29-21(30(20)2)33-5-3-4-14-6-18-11-31(18,10-14)17-8-15(22(24,25)26)7-16(23)9-17/h7-9,12,14,18H,3-6,10-11H2,1-2H3/q+1/t14?,18-,31-/m1/s1. The molecule has 6 nitrogen and oxygen atoms in total. The van der Waals surface area contributed by atoms with Crippen LogP contribution >= 0.6 is 11.8 Å². The Bertz CT molecular complexity index is 1180. The van der Waals surface area contributed by atoms with Gasteiger partial charge < -0.3 is 8.98 Å². The van der Waals surface area contributed by atoms with E-state index in [-0.39, 0.29) is 0 Å². The summed E-state index contributed by atoms with van der Waals surface area (Å²) in [6.07, 6.45) is -0.235. The average Bonchev–Trinajstić information content (AvgIpc) is 3.05. The van der Waals surface area contributed by atoms with E-state index in [0.29, 0.717) is 39.8 Å². The third-order valence-electron chi connectivity index (χ3n) is 6.79. The molecule has 11 heteroatoms. The van der Waals surface area contributed by atoms with Crippen LogP contribution in [0.15, 0.2) is 34.2 Å². The first-order chi connectivity index (χ1) is 15.7. The molecule has 0 N–H and O–H groups in total. The molecule has 2 aliphatic rings. The topological polar surface area (TPSA) is 56.7 Å². The number of quaternary nitrogens is 1. The summed E-state index contributed by atoms with van der Waals surface area (Å²) >= 11 is 1.62. The molecule has 0 amide bonds. The molecule has 176 valence electrons. The van der Waals surface area contributed by atoms with E-state index >= 15 is 0 Å². The van der Waals surface area contributed by atoms with Crippen LogP contribution in [0.3, 0.4) is 0 Å². The smallest absolute Gasteiger partial charge is 0.416 e. The summed E-state index contributed by atoms with van der Waals surface area (Å²) in [6, 6.07) is 3.28. The minimum Gasteiger partial charge on any atom is -0.440 e. The van der Waals surface area contributed by atoms with Crippen LogP contribution in [0.2, 0.25) is 0 Å². The van der Waals surface area contributed by atoms with Crippen LogP contribution in [0.1, 0.15) is 30.5 Å². The van der Waals surface area contributed by atoms with Gasteiger partial charge in [-0.25, -0.2) is 9.37 Å². The molecule has 0 spiro atoms. The van der Waals surface area contributed by atoms with E-state index in [1.807, 2.05) is 18.5 Å². The molecule has 0 saturated carbocycles. The van der Waals surface area contributed by atoms with Crippen LogP contribution in [-0.2, 0) is 13.2 Å². The molecule has 1 aromatic carbocycles. The number of halogens is 4. The number of aromatic nitrogens is 4. The second kappa shape index (κ2) is 8.12. The number of aryl methyl sites for hydroxylation is 1. The average molecular weight is 483 g/mol. The van der Waals surface area contributed by atoms with Crippen molar-refractivity contribution in [3.63, 3.8) is 0 Å². The maximum Gasteiger partial charge on any atom is 0.416 e. The molecule has 3 atom stereocenters. The number of hydrogen-bond donors (Lipinski definition) is 0. The van der Waals surface area contributed by atoms with Gasteiger partial charge in [0.2, 0.25) is 5.82 Å². The molecule has 33 heavy (non-hydrogen) atoms. The van der Waals surface area contributed by atoms with Gasteiger partial charge >= 0.3 is 6.18 Å². The van der Waals surface area contributed by atoms with E-state index in [2.05, 4.69) is 15.2 Å². The van der Waals surface area contributed by atoms with E-state index in [9.17, 15) is 17.6 Å². The molecular formula is C22H24F4N5OS+. The van der Waals surface area contributed by atoms with Crippen molar-refractivity contribution in [2.75, 3.05) is 18.8 Å². The lowest BCUT2D eigenvalue weighted by Gasteiger charge is -2.19. The summed E-state index contributed by atoms with van der Waals surface area (Å²) in [6.45, 7) is 3.43. The van der Waals surface area contributed by atoms with Gasteiger partial charge in [-0.2, -0.15) is 13.2 Å². The van der Waals surface area contributed by atoms with E-state index in [4.69, 9.17) is 4.42 Å². The molecule has 1 unspecified atom stereocenters. The molecule has 2 saturated heterocycles. The van der Waals surface area contributed by atoms with E-state index in [1.165, 1.54) is 12.5 Å². The first-order valence-electron chi connectivity index (χ1n) is 10.8. The highest BCUT2D eigenvalue weighted by atomic mass is 32.2. The summed E-state index contributed by atoms with van der Waals surface area (Å²) in [4.78, 5) is 4.09. The first kappa shape index (κ1) is 22.4. The van der Waals surface area contributed by atoms with Crippen molar-refractivity contribution in [1.82, 2.24) is 24.2 Å². The first-order valence-corrected chi connectivity index (χ1v) is 11.8. The third-order valence-corrected chi connectivity index (χ3v) is 7.89. The Labute approximate surface area is 192 Å². The number of oxazole rings is 1. The fraction of sp³-hybridized carbons (Fsp3) is 0.500. The fourth-order valence-corrected chi connectivity index (χ4v) is 5.94. The van der Waals surface area contributed by atoms with Crippen LogP contribution in [-0.4, -0.2) is 44.6 Å². The Morgan fingerprint density at radius 2 is 2.03 bits per heavy atom. The molecule has 2 aromatic heterocycles. The van der Waals surface area contributed by atoms with Crippen LogP contribution in [0.4, 0.5) is 23.2 Å². The van der Waals surface area contributed by atoms with Gasteiger partial charge in [0, 0.05) is 37.3 Å². The van der Waals surface area contributed by atoms with Gasteiger partial charge in [-0.15, -0.1) is 10.2 Å². The van der Waals surface area contributed by atoms with Crippen LogP contribution in [0.25, 0.3) is 11.6 Å². The maximum atomic E-state index is 13.9. The molecule has 4 heterocycles. The van der Waals surface area contributed by atoms with E-state index in [0.717, 1.165) is 55.0 Å². The lowest BCUT2D eigenvalue weighted by Crippen LogP contribution is -2.28. The fourth-order valence-electron chi connectivity index (χ4n) is 5.06. The summed E-state index contributed by atoms with van der Waals surface area (Å²) < 4.78 is 61.1. The quantitative estimate of drug-likeness (QED) is 0.152. The molecular weight excluding hydrogens is 458 g/mol. The Hall–Kier alpha value is -2.40. The summed E-state index contributed by atoms with van der Waals surface area (Å²) in [5, 5.41) is 9.25. The Morgan fingerprint density at radius 3 is 2.76 bits per heavy atom. The zero-order valence-corrected chi connectivity index (χ0v) is 19.1. The molecule has 0 aliphatic carbocycles. The Kier molecular flexibility index (Phi) is 5.51. The largest absolute Gasteiger partial charge is 0.440 e. The van der Waals surface area contributed by atoms with E-state index < -0.39 is 17.6 Å². The summed E-state index contributed by atoms with van der Waals surface area (Å²) in [7, 11) is 1.89. The van der Waals surface area contributed by atoms with Gasteiger partial charge in [0.25, 0.3) is 0 Å². The molecule has 2 aliphatic heterocycles. The summed E-state index contributed by atoms with van der Waals surface area (Å²) in [5.74, 6) is 1.71. The van der Waals surface area contributed by atoms with E-state index in [1.54, 1.807) is 11.8 Å². The van der Waals surface area contributed by atoms with Gasteiger partial charge in [-0.05, 0) is 25.8 Å². The zero-order valence-electron chi connectivity index (χ0n) is 18.3. The third kappa shape index (κ3) is 4.16. The second-order valence-electron chi connectivity index (χ2n) is 8.97. The number of hydrogen-bond acceptors (Lipinski definition) is 5. The summed E-state index contributed by atoms with van der Waals surface area (Å²) in [5.41, 5.74) is 0.312. The van der Waals surface area contributed by atoms with Crippen molar-refractivity contribution in [1.29, 1.82) is 0 Å². The predicted octanol–water partition coefficient (Wildman–Crippen LogP) is 5.22. The SMILES string of the molecule is Cc1ncoc1-c1nnc(SCCCC2C[C@@H]3C[N@@+]3(c3cc(F)cc(C(F)(F)F)c3)C2)n1C. The van der Waals surface area contributed by atoms with Crippen molar-refractivity contribution in [3.8, 4) is 11.6 Å². The van der Waals surface area contributed by atoms with Crippen LogP contribution < -0.4 is 4.48 Å². The number of thioether (sulfide) groups is 1. The van der Waals surface area contributed by atoms with Crippen molar-refractivity contribution in [2.24, 2.45) is 13.0 Å². The molecule has 0 radical (unpaired) electrons. The van der Waals surface area contributed by atoms with Gasteiger partial charge in [-0.3, -0.25) is 4.48 Å². The van der Waals surface area contributed by atoms with Gasteiger partial charge in [0.1, 0.15) is 24.1 Å². The number of piperidine rings is 1. The monoisotopic (exact) mass is 482 g/mol. The second-order valence-corrected chi connectivity index (χ2v) is 10.0. The number of fused-ring (bicyclic) bond motifs is 1. The minimum atomic E-state index is -4.54. The van der Waals surface area contributed by atoms with Gasteiger partial charge in [0.15, 0.2) is 17.3 Å². The Morgan fingerprint density at radius 1 is 1.21 bits per heavy atom. The zero-order chi connectivity index (χ0) is 23.4. The van der Waals surface area contributed by atoms with Crippen LogP contribution in [0, 0.1) is 18.7 Å². The molecule has 2 fully saturated rings. The van der Waals surface area contributed by atoms with Crippen LogP contribution in [0.5, 0.6) is 0 Å². The number of benzene rings is 1. The maximum absolute atomic E-state index is 13.9. The highest BCUT2D eigenvalue weighted by Gasteiger charge is 2.63. The highest BCUT2D eigenvalue weighted by molar-refractivity contribution is 7.99. The number of nitrogens with zero attached hydrogens (tertiary/aromatic N) is 5. The van der Waals surface area contributed by atoms with Crippen molar-refractivity contribution < 1.29 is 22.0 Å². The van der Waals surface area contributed by atoms with Gasteiger partial charge in [0.05, 0.1) is 17.8 Å². The highest BCUT2D eigenvalue weighted by Crippen LogP contribution is 2.50. The normalized spacial score (nSPS) is 24.3. The molecule has 0 bridgehead atoms. The number of alkyl halides is 3. The van der Waals surface area contributed by atoms with Crippen molar-refractivity contribution >= 4 is 17.4 Å². The predicted molar refractivity (Wildman–Crippen MR) is 116 cm³/mol. The minimum absolute atomic E-state index is 0.303. The number of rotatable bonds is 7. The lowest BCUT2D eigenvalue weighted by atomic mass is 10.00. The van der Waals surface area contributed by atoms with Crippen molar-refractivity contribution in [2.45, 2.75) is 43.6 Å². The lowest BCUT2D eigenvalue weighted by molar-refractivity contribution is -0.137. The van der Waals surface area contributed by atoms with Gasteiger partial charge in [-0.1, -0.05) is 11.8 Å². The van der Waals surface area contributed by atoms with Crippen molar-refractivity contribution in [3.05, 3.63) is 41.7 Å². The Balaban J connectivity index is 1.16. The molecule has 3 aromatic rings.